The van der Waals surface area contributed by atoms with Gasteiger partial charge >= 0.3 is 145 Å². The molecule has 3 heteroatoms. The zero-order valence-corrected chi connectivity index (χ0v) is 15.6. The fourth-order valence-electron chi connectivity index (χ4n) is 3.25. The van der Waals surface area contributed by atoms with Crippen molar-refractivity contribution in [1.29, 1.82) is 0 Å². The van der Waals surface area contributed by atoms with Crippen LogP contribution in [-0.4, -0.2) is 24.9 Å². The van der Waals surface area contributed by atoms with Crippen molar-refractivity contribution in [3.8, 4) is 0 Å². The quantitative estimate of drug-likeness (QED) is 0.413. The molecule has 0 spiro atoms. The number of carbonyl (C=O) groups excluding carboxylic acids is 1. The van der Waals surface area contributed by atoms with Crippen molar-refractivity contribution in [2.75, 3.05) is 18.9 Å². The zero-order valence-electron chi connectivity index (χ0n) is 14.6. The van der Waals surface area contributed by atoms with Gasteiger partial charge in [0.1, 0.15) is 0 Å². The summed E-state index contributed by atoms with van der Waals surface area (Å²) >= 11 is 0. The van der Waals surface area contributed by atoms with Crippen LogP contribution in [0.4, 0.5) is 0 Å². The fraction of sp³-hybridized carbons (Fsp3) is 0.286. The van der Waals surface area contributed by atoms with Gasteiger partial charge in [0.05, 0.1) is 0 Å². The van der Waals surface area contributed by atoms with E-state index in [0.717, 1.165) is 12.6 Å². The molecule has 2 aromatic rings. The molecule has 0 aliphatic carbocycles. The molecule has 0 aliphatic heterocycles. The first-order valence-electron chi connectivity index (χ1n) is 8.58. The van der Waals surface area contributed by atoms with Crippen molar-refractivity contribution >= 4 is 23.8 Å². The summed E-state index contributed by atoms with van der Waals surface area (Å²) in [5, 5.41) is 2.94. The molecule has 0 aromatic heterocycles. The number of esters is 1. The molecule has 0 unspecified atom stereocenters. The average Bonchev–Trinajstić information content (AvgIpc) is 2.62. The Morgan fingerprint density at radius 3 is 1.96 bits per heavy atom. The molecule has 2 aromatic carbocycles. The molecule has 0 fully saturated rings. The Morgan fingerprint density at radius 1 is 0.958 bits per heavy atom. The first-order chi connectivity index (χ1) is 11.7. The number of ether oxygens (including phenoxy) is 1. The Balaban J connectivity index is 2.34. The number of benzene rings is 2. The van der Waals surface area contributed by atoms with Gasteiger partial charge < -0.3 is 0 Å². The van der Waals surface area contributed by atoms with Crippen molar-refractivity contribution in [3.63, 3.8) is 0 Å². The van der Waals surface area contributed by atoms with Crippen LogP contribution in [0, 0.1) is 0 Å². The van der Waals surface area contributed by atoms with Crippen molar-refractivity contribution in [2.45, 2.75) is 20.3 Å². The molecule has 24 heavy (non-hydrogen) atoms. The van der Waals surface area contributed by atoms with E-state index in [1.54, 1.807) is 0 Å². The molecule has 0 radical (unpaired) electrons. The minimum absolute atomic E-state index is 0.233. The number of allylic oxidation sites excluding steroid dienone is 1. The molecular formula is C21H27O2P. The summed E-state index contributed by atoms with van der Waals surface area (Å²) in [4.78, 5) is 10.9. The van der Waals surface area contributed by atoms with E-state index >= 15 is 0 Å². The first kappa shape index (κ1) is 18.4. The predicted molar refractivity (Wildman–Crippen MR) is 106 cm³/mol. The second-order valence-corrected chi connectivity index (χ2v) is 10.3. The van der Waals surface area contributed by atoms with E-state index in [4.69, 9.17) is 4.74 Å². The van der Waals surface area contributed by atoms with Crippen LogP contribution in [0.25, 0.3) is 0 Å². The van der Waals surface area contributed by atoms with Gasteiger partial charge in [0.2, 0.25) is 0 Å². The third-order valence-electron chi connectivity index (χ3n) is 4.35. The SMILES string of the molecule is CCC[PH](CC=CCOC(C)=O)(c1ccccc1)c1ccccc1. The van der Waals surface area contributed by atoms with Crippen LogP contribution >= 0.6 is 7.26 Å². The van der Waals surface area contributed by atoms with Crippen LogP contribution in [0.3, 0.4) is 0 Å². The van der Waals surface area contributed by atoms with Crippen LogP contribution in [0.5, 0.6) is 0 Å². The summed E-state index contributed by atoms with van der Waals surface area (Å²) < 4.78 is 5.02. The average molecular weight is 342 g/mol. The molecule has 2 rings (SSSR count). The molecule has 0 N–H and O–H groups in total. The van der Waals surface area contributed by atoms with E-state index in [-0.39, 0.29) is 5.97 Å². The Bertz CT molecular complexity index is 611. The van der Waals surface area contributed by atoms with Crippen molar-refractivity contribution < 1.29 is 9.53 Å². The number of hydrogen-bond acceptors (Lipinski definition) is 2. The Kier molecular flexibility index (Phi) is 7.21. The van der Waals surface area contributed by atoms with Gasteiger partial charge in [0.25, 0.3) is 0 Å². The minimum atomic E-state index is -1.85. The maximum atomic E-state index is 10.9. The summed E-state index contributed by atoms with van der Waals surface area (Å²) in [5.74, 6) is -0.233. The van der Waals surface area contributed by atoms with Gasteiger partial charge in [0, 0.05) is 0 Å². The van der Waals surface area contributed by atoms with Crippen molar-refractivity contribution in [2.24, 2.45) is 0 Å². The molecule has 0 aliphatic rings. The zero-order chi connectivity index (χ0) is 17.3. The number of carbonyl (C=O) groups is 1. The van der Waals surface area contributed by atoms with Crippen LogP contribution in [-0.2, 0) is 9.53 Å². The first-order valence-corrected chi connectivity index (χ1v) is 11.0. The van der Waals surface area contributed by atoms with Gasteiger partial charge in [-0.05, 0) is 0 Å². The maximum absolute atomic E-state index is 10.9. The van der Waals surface area contributed by atoms with Gasteiger partial charge in [-0.25, -0.2) is 0 Å². The van der Waals surface area contributed by atoms with Crippen LogP contribution in [0.15, 0.2) is 72.8 Å². The summed E-state index contributed by atoms with van der Waals surface area (Å²) in [5.41, 5.74) is 0. The Labute approximate surface area is 145 Å². The van der Waals surface area contributed by atoms with Crippen LogP contribution < -0.4 is 10.6 Å². The van der Waals surface area contributed by atoms with E-state index in [2.05, 4.69) is 73.7 Å². The van der Waals surface area contributed by atoms with E-state index in [0.29, 0.717) is 6.61 Å². The van der Waals surface area contributed by atoms with Gasteiger partial charge in [-0.1, -0.05) is 0 Å². The summed E-state index contributed by atoms with van der Waals surface area (Å²) in [6, 6.07) is 21.8. The van der Waals surface area contributed by atoms with E-state index in [1.165, 1.54) is 23.7 Å². The van der Waals surface area contributed by atoms with Gasteiger partial charge in [-0.15, -0.1) is 0 Å². The van der Waals surface area contributed by atoms with Crippen molar-refractivity contribution in [3.05, 3.63) is 72.8 Å². The second kappa shape index (κ2) is 9.39. The van der Waals surface area contributed by atoms with Crippen LogP contribution in [0.1, 0.15) is 20.3 Å². The second-order valence-electron chi connectivity index (χ2n) is 6.04. The molecule has 2 nitrogen and oxygen atoms in total. The normalized spacial score (nSPS) is 12.2. The summed E-state index contributed by atoms with van der Waals surface area (Å²) in [6.45, 7) is 4.06. The van der Waals surface area contributed by atoms with Crippen molar-refractivity contribution in [1.82, 2.24) is 0 Å². The monoisotopic (exact) mass is 342 g/mol. The number of hydrogen-bond donors (Lipinski definition) is 0. The van der Waals surface area contributed by atoms with Crippen LogP contribution in [0.2, 0.25) is 0 Å². The molecule has 0 saturated carbocycles. The molecule has 0 bridgehead atoms. The third kappa shape index (κ3) is 4.79. The number of rotatable bonds is 8. The molecule has 0 saturated heterocycles. The predicted octanol–water partition coefficient (Wildman–Crippen LogP) is 3.92. The topological polar surface area (TPSA) is 26.3 Å². The summed E-state index contributed by atoms with van der Waals surface area (Å²) in [7, 11) is -1.85. The molecule has 0 amide bonds. The van der Waals surface area contributed by atoms with Gasteiger partial charge in [-0.3, -0.25) is 0 Å². The van der Waals surface area contributed by atoms with Gasteiger partial charge in [-0.2, -0.15) is 0 Å². The van der Waals surface area contributed by atoms with Gasteiger partial charge in [0.15, 0.2) is 0 Å². The van der Waals surface area contributed by atoms with E-state index in [9.17, 15) is 4.79 Å². The Hall–Kier alpha value is -1.92. The van der Waals surface area contributed by atoms with E-state index < -0.39 is 7.26 Å². The molecule has 128 valence electrons. The summed E-state index contributed by atoms with van der Waals surface area (Å²) in [6.07, 6.45) is 7.57. The Morgan fingerprint density at radius 2 is 1.50 bits per heavy atom. The molecule has 0 atom stereocenters. The molecular weight excluding hydrogens is 315 g/mol. The third-order valence-corrected chi connectivity index (χ3v) is 9.51. The fourth-order valence-corrected chi connectivity index (χ4v) is 7.92. The standard InChI is InChI=1S/C21H27O2P/c1-3-17-24(20-12-6-4-7-13-20,21-14-8-5-9-15-21)18-11-10-16-23-19(2)22/h4-15,24H,3,16-18H2,1-2H3. The van der Waals surface area contributed by atoms with E-state index in [1.807, 2.05) is 6.08 Å². The molecule has 0 heterocycles.